The van der Waals surface area contributed by atoms with Crippen LogP contribution in [0.4, 0.5) is 4.39 Å². The summed E-state index contributed by atoms with van der Waals surface area (Å²) in [6.07, 6.45) is 1.55. The third-order valence-corrected chi connectivity index (χ3v) is 2.56. The highest BCUT2D eigenvalue weighted by Crippen LogP contribution is 2.12. The van der Waals surface area contributed by atoms with Crippen molar-refractivity contribution in [2.75, 3.05) is 13.7 Å². The van der Waals surface area contributed by atoms with Gasteiger partial charge in [0.2, 0.25) is 0 Å². The molecule has 0 saturated carbocycles. The van der Waals surface area contributed by atoms with Crippen LogP contribution in [-0.2, 0) is 11.3 Å². The van der Waals surface area contributed by atoms with Crippen LogP contribution in [0.25, 0.3) is 0 Å². The van der Waals surface area contributed by atoms with Crippen molar-refractivity contribution in [1.82, 2.24) is 4.90 Å². The molecule has 0 spiro atoms. The number of halogens is 1. The van der Waals surface area contributed by atoms with Crippen LogP contribution in [0.3, 0.4) is 0 Å². The fraction of sp³-hybridized carbons (Fsp3) is 0.214. The van der Waals surface area contributed by atoms with Gasteiger partial charge < -0.3 is 14.1 Å². The van der Waals surface area contributed by atoms with Gasteiger partial charge in [0.15, 0.2) is 6.61 Å². The van der Waals surface area contributed by atoms with Crippen LogP contribution >= 0.6 is 0 Å². The number of amides is 1. The smallest absolute Gasteiger partial charge is 0.260 e. The van der Waals surface area contributed by atoms with Gasteiger partial charge in [-0.15, -0.1) is 0 Å². The van der Waals surface area contributed by atoms with Crippen molar-refractivity contribution in [3.63, 3.8) is 0 Å². The van der Waals surface area contributed by atoms with Gasteiger partial charge in [0.1, 0.15) is 17.3 Å². The lowest BCUT2D eigenvalue weighted by Crippen LogP contribution is -2.30. The predicted molar refractivity (Wildman–Crippen MR) is 67.1 cm³/mol. The Kier molecular flexibility index (Phi) is 4.18. The van der Waals surface area contributed by atoms with Crippen molar-refractivity contribution in [2.45, 2.75) is 6.54 Å². The molecule has 0 bridgehead atoms. The summed E-state index contributed by atoms with van der Waals surface area (Å²) in [6.45, 7) is 0.235. The maximum Gasteiger partial charge on any atom is 0.260 e. The van der Waals surface area contributed by atoms with Crippen LogP contribution in [-0.4, -0.2) is 24.5 Å². The summed E-state index contributed by atoms with van der Waals surface area (Å²) in [4.78, 5) is 13.3. The first-order valence-corrected chi connectivity index (χ1v) is 5.80. The summed E-state index contributed by atoms with van der Waals surface area (Å²) in [6, 6.07) is 9.23. The summed E-state index contributed by atoms with van der Waals surface area (Å²) >= 11 is 0. The highest BCUT2D eigenvalue weighted by Gasteiger charge is 2.11. The fourth-order valence-electron chi connectivity index (χ4n) is 1.54. The average molecular weight is 263 g/mol. The Labute approximate surface area is 110 Å². The summed E-state index contributed by atoms with van der Waals surface area (Å²) in [5.74, 6) is 0.427. The zero-order valence-electron chi connectivity index (χ0n) is 10.5. The van der Waals surface area contributed by atoms with E-state index in [1.807, 2.05) is 0 Å². The number of hydrogen-bond acceptors (Lipinski definition) is 3. The van der Waals surface area contributed by atoms with Gasteiger partial charge in [-0.05, 0) is 24.3 Å². The molecule has 100 valence electrons. The van der Waals surface area contributed by atoms with Gasteiger partial charge in [0.05, 0.1) is 12.8 Å². The molecule has 1 amide bonds. The second-order valence-electron chi connectivity index (χ2n) is 4.08. The summed E-state index contributed by atoms with van der Waals surface area (Å²) in [7, 11) is 1.65. The molecule has 0 radical (unpaired) electrons. The second-order valence-corrected chi connectivity index (χ2v) is 4.08. The third kappa shape index (κ3) is 3.84. The Bertz CT molecular complexity index is 539. The number of likely N-dealkylation sites (N-methyl/N-ethyl adjacent to an activating group) is 1. The Morgan fingerprint density at radius 1 is 1.37 bits per heavy atom. The van der Waals surface area contributed by atoms with Crippen LogP contribution in [0.2, 0.25) is 0 Å². The molecule has 0 aliphatic rings. The molecule has 0 N–H and O–H groups in total. The van der Waals surface area contributed by atoms with E-state index in [9.17, 15) is 9.18 Å². The van der Waals surface area contributed by atoms with E-state index in [4.69, 9.17) is 9.15 Å². The lowest BCUT2D eigenvalue weighted by Gasteiger charge is -2.16. The molecule has 2 rings (SSSR count). The van der Waals surface area contributed by atoms with Crippen molar-refractivity contribution < 1.29 is 18.3 Å². The van der Waals surface area contributed by atoms with E-state index in [2.05, 4.69) is 0 Å². The molecular formula is C14H14FNO3. The van der Waals surface area contributed by atoms with Crippen molar-refractivity contribution in [3.05, 3.63) is 54.2 Å². The van der Waals surface area contributed by atoms with E-state index in [0.717, 1.165) is 0 Å². The van der Waals surface area contributed by atoms with Gasteiger partial charge in [-0.25, -0.2) is 4.39 Å². The van der Waals surface area contributed by atoms with Crippen molar-refractivity contribution in [3.8, 4) is 5.75 Å². The monoisotopic (exact) mass is 263 g/mol. The van der Waals surface area contributed by atoms with Crippen molar-refractivity contribution >= 4 is 5.91 Å². The van der Waals surface area contributed by atoms with E-state index in [0.29, 0.717) is 18.1 Å². The fourth-order valence-corrected chi connectivity index (χ4v) is 1.54. The SMILES string of the molecule is CN(Cc1ccco1)C(=O)COc1cccc(F)c1. The number of benzene rings is 1. The topological polar surface area (TPSA) is 42.7 Å². The molecule has 0 aliphatic heterocycles. The molecule has 0 unspecified atom stereocenters. The minimum Gasteiger partial charge on any atom is -0.484 e. The van der Waals surface area contributed by atoms with Gasteiger partial charge >= 0.3 is 0 Å². The van der Waals surface area contributed by atoms with Crippen molar-refractivity contribution in [2.24, 2.45) is 0 Å². The lowest BCUT2D eigenvalue weighted by molar-refractivity contribution is -0.132. The number of hydrogen-bond donors (Lipinski definition) is 0. The molecule has 19 heavy (non-hydrogen) atoms. The normalized spacial score (nSPS) is 10.2. The summed E-state index contributed by atoms with van der Waals surface area (Å²) in [5, 5.41) is 0. The van der Waals surface area contributed by atoms with Crippen LogP contribution in [0.15, 0.2) is 47.1 Å². The van der Waals surface area contributed by atoms with Gasteiger partial charge in [-0.2, -0.15) is 0 Å². The second kappa shape index (κ2) is 6.04. The lowest BCUT2D eigenvalue weighted by atomic mass is 10.3. The molecule has 1 aromatic carbocycles. The Balaban J connectivity index is 1.84. The van der Waals surface area contributed by atoms with Crippen LogP contribution in [0, 0.1) is 5.82 Å². The number of rotatable bonds is 5. The van der Waals surface area contributed by atoms with E-state index < -0.39 is 5.82 Å². The molecule has 0 atom stereocenters. The summed E-state index contributed by atoms with van der Waals surface area (Å²) in [5.41, 5.74) is 0. The van der Waals surface area contributed by atoms with E-state index in [1.54, 1.807) is 31.5 Å². The largest absolute Gasteiger partial charge is 0.484 e. The molecule has 1 heterocycles. The predicted octanol–water partition coefficient (Wildman–Crippen LogP) is 2.46. The van der Waals surface area contributed by atoms with E-state index in [-0.39, 0.29) is 12.5 Å². The number of ether oxygens (including phenoxy) is 1. The standard InChI is InChI=1S/C14H14FNO3/c1-16(9-13-6-3-7-18-13)14(17)10-19-12-5-2-4-11(15)8-12/h2-8H,9-10H2,1H3. The van der Waals surface area contributed by atoms with Crippen molar-refractivity contribution in [1.29, 1.82) is 0 Å². The molecule has 0 aliphatic carbocycles. The van der Waals surface area contributed by atoms with Gasteiger partial charge in [0, 0.05) is 13.1 Å². The molecular weight excluding hydrogens is 249 g/mol. The summed E-state index contributed by atoms with van der Waals surface area (Å²) < 4.78 is 23.3. The highest BCUT2D eigenvalue weighted by atomic mass is 19.1. The average Bonchev–Trinajstić information content (AvgIpc) is 2.89. The van der Waals surface area contributed by atoms with Gasteiger partial charge in [-0.1, -0.05) is 6.07 Å². The minimum atomic E-state index is -0.395. The quantitative estimate of drug-likeness (QED) is 0.832. The highest BCUT2D eigenvalue weighted by molar-refractivity contribution is 5.77. The first kappa shape index (κ1) is 13.1. The molecule has 4 nitrogen and oxygen atoms in total. The van der Waals surface area contributed by atoms with Gasteiger partial charge in [-0.3, -0.25) is 4.79 Å². The maximum absolute atomic E-state index is 12.9. The Morgan fingerprint density at radius 3 is 2.89 bits per heavy atom. The third-order valence-electron chi connectivity index (χ3n) is 2.56. The number of carbonyl (C=O) groups is 1. The molecule has 2 aromatic rings. The number of carbonyl (C=O) groups excluding carboxylic acids is 1. The molecule has 1 aromatic heterocycles. The zero-order chi connectivity index (χ0) is 13.7. The van der Waals surface area contributed by atoms with Gasteiger partial charge in [0.25, 0.3) is 5.91 Å². The Morgan fingerprint density at radius 2 is 2.21 bits per heavy atom. The molecule has 0 saturated heterocycles. The minimum absolute atomic E-state index is 0.138. The number of nitrogens with zero attached hydrogens (tertiary/aromatic N) is 1. The first-order valence-electron chi connectivity index (χ1n) is 5.80. The maximum atomic E-state index is 12.9. The first-order chi connectivity index (χ1) is 9.15. The molecule has 5 heteroatoms. The zero-order valence-corrected chi connectivity index (χ0v) is 10.5. The number of furan rings is 1. The van der Waals surface area contributed by atoms with Crippen LogP contribution in [0.5, 0.6) is 5.75 Å². The van der Waals surface area contributed by atoms with Crippen LogP contribution in [0.1, 0.15) is 5.76 Å². The van der Waals surface area contributed by atoms with Crippen LogP contribution < -0.4 is 4.74 Å². The van der Waals surface area contributed by atoms with E-state index in [1.165, 1.54) is 23.1 Å². The van der Waals surface area contributed by atoms with E-state index >= 15 is 0 Å². The molecule has 0 fully saturated rings. The Hall–Kier alpha value is -2.30.